The van der Waals surface area contributed by atoms with E-state index in [1.807, 2.05) is 13.1 Å². The standard InChI is InChI=1S/C13H21NS/c1-11(9-13(3)15)7-5-6-8-12(2)10-14-4/h7-10,15H,5-6H2,1-4H3/b11-7+,12-8+,13-9+,14-10?. The van der Waals surface area contributed by atoms with Crippen molar-refractivity contribution in [1.29, 1.82) is 0 Å². The number of thiol groups is 1. The molecule has 0 amide bonds. The number of hydrogen-bond acceptors (Lipinski definition) is 2. The molecule has 0 heterocycles. The van der Waals surface area contributed by atoms with Crippen LogP contribution in [-0.2, 0) is 0 Å². The summed E-state index contributed by atoms with van der Waals surface area (Å²) < 4.78 is 0. The first-order valence-electron chi connectivity index (χ1n) is 5.19. The minimum absolute atomic E-state index is 1.05. The number of rotatable bonds is 5. The minimum Gasteiger partial charge on any atom is -0.296 e. The Morgan fingerprint density at radius 2 is 1.60 bits per heavy atom. The van der Waals surface area contributed by atoms with Crippen LogP contribution in [0.2, 0.25) is 0 Å². The molecule has 0 atom stereocenters. The quantitative estimate of drug-likeness (QED) is 0.310. The fourth-order valence-corrected chi connectivity index (χ4v) is 1.47. The summed E-state index contributed by atoms with van der Waals surface area (Å²) >= 11 is 4.23. The molecule has 2 heteroatoms. The lowest BCUT2D eigenvalue weighted by Crippen LogP contribution is -1.78. The van der Waals surface area contributed by atoms with Crippen molar-refractivity contribution >= 4 is 18.8 Å². The first-order valence-corrected chi connectivity index (χ1v) is 5.64. The van der Waals surface area contributed by atoms with Gasteiger partial charge in [-0.2, -0.15) is 0 Å². The van der Waals surface area contributed by atoms with Crippen LogP contribution in [0, 0.1) is 0 Å². The lowest BCUT2D eigenvalue weighted by atomic mass is 10.1. The zero-order valence-corrected chi connectivity index (χ0v) is 11.0. The number of unbranched alkanes of at least 4 members (excludes halogenated alkanes) is 1. The number of nitrogens with zero attached hydrogens (tertiary/aromatic N) is 1. The topological polar surface area (TPSA) is 12.4 Å². The molecule has 0 bridgehead atoms. The van der Waals surface area contributed by atoms with Crippen molar-refractivity contribution in [2.75, 3.05) is 7.05 Å². The lowest BCUT2D eigenvalue weighted by molar-refractivity contribution is 1.03. The maximum absolute atomic E-state index is 4.23. The van der Waals surface area contributed by atoms with Crippen LogP contribution in [0.1, 0.15) is 33.6 Å². The Morgan fingerprint density at radius 1 is 1.07 bits per heavy atom. The van der Waals surface area contributed by atoms with Crippen LogP contribution >= 0.6 is 12.6 Å². The maximum Gasteiger partial charge on any atom is 0.0277 e. The van der Waals surface area contributed by atoms with Crippen molar-refractivity contribution in [3.05, 3.63) is 34.3 Å². The highest BCUT2D eigenvalue weighted by molar-refractivity contribution is 7.84. The Bertz CT molecular complexity index is 292. The predicted octanol–water partition coefficient (Wildman–Crippen LogP) is 4.19. The van der Waals surface area contributed by atoms with Crippen molar-refractivity contribution in [2.24, 2.45) is 4.99 Å². The van der Waals surface area contributed by atoms with E-state index in [9.17, 15) is 0 Å². The van der Waals surface area contributed by atoms with Gasteiger partial charge in [-0.15, -0.1) is 12.6 Å². The van der Waals surface area contributed by atoms with Crippen LogP contribution in [0.4, 0.5) is 0 Å². The third kappa shape index (κ3) is 9.54. The summed E-state index contributed by atoms with van der Waals surface area (Å²) in [5, 5.41) is 0. The molecule has 15 heavy (non-hydrogen) atoms. The van der Waals surface area contributed by atoms with Crippen molar-refractivity contribution in [3.8, 4) is 0 Å². The molecule has 84 valence electrons. The fourth-order valence-electron chi connectivity index (χ4n) is 1.27. The molecule has 0 aliphatic heterocycles. The van der Waals surface area contributed by atoms with Crippen molar-refractivity contribution < 1.29 is 0 Å². The van der Waals surface area contributed by atoms with E-state index in [1.165, 1.54) is 11.1 Å². The molecular weight excluding hydrogens is 202 g/mol. The molecule has 0 fully saturated rings. The molecule has 0 N–H and O–H groups in total. The Balaban J connectivity index is 3.99. The summed E-state index contributed by atoms with van der Waals surface area (Å²) in [5.74, 6) is 0. The molecule has 0 spiro atoms. The van der Waals surface area contributed by atoms with Gasteiger partial charge in [0.25, 0.3) is 0 Å². The number of allylic oxidation sites excluding steroid dienone is 6. The Kier molecular flexibility index (Phi) is 8.11. The Hall–Kier alpha value is -0.760. The van der Waals surface area contributed by atoms with E-state index in [0.29, 0.717) is 0 Å². The van der Waals surface area contributed by atoms with E-state index < -0.39 is 0 Å². The summed E-state index contributed by atoms with van der Waals surface area (Å²) in [4.78, 5) is 5.01. The minimum atomic E-state index is 1.05. The first kappa shape index (κ1) is 14.2. The summed E-state index contributed by atoms with van der Waals surface area (Å²) in [6.07, 6.45) is 10.5. The molecule has 0 saturated heterocycles. The monoisotopic (exact) mass is 223 g/mol. The van der Waals surface area contributed by atoms with Crippen LogP contribution in [-0.4, -0.2) is 13.3 Å². The highest BCUT2D eigenvalue weighted by Crippen LogP contribution is 2.07. The molecular formula is C13H21NS. The fraction of sp³-hybridized carbons (Fsp3) is 0.462. The number of aliphatic imine (C=N–C) groups is 1. The molecule has 0 aromatic rings. The summed E-state index contributed by atoms with van der Waals surface area (Å²) in [7, 11) is 1.79. The zero-order chi connectivity index (χ0) is 11.7. The number of hydrogen-bond donors (Lipinski definition) is 1. The van der Waals surface area contributed by atoms with E-state index in [1.54, 1.807) is 7.05 Å². The van der Waals surface area contributed by atoms with Gasteiger partial charge in [0.15, 0.2) is 0 Å². The van der Waals surface area contributed by atoms with Crippen LogP contribution in [0.3, 0.4) is 0 Å². The summed E-state index contributed by atoms with van der Waals surface area (Å²) in [5.41, 5.74) is 2.50. The van der Waals surface area contributed by atoms with Gasteiger partial charge in [0.05, 0.1) is 0 Å². The van der Waals surface area contributed by atoms with Gasteiger partial charge < -0.3 is 0 Å². The molecule has 0 radical (unpaired) electrons. The Labute approximate surface area is 99.1 Å². The van der Waals surface area contributed by atoms with Crippen LogP contribution in [0.25, 0.3) is 0 Å². The smallest absolute Gasteiger partial charge is 0.0277 e. The van der Waals surface area contributed by atoms with E-state index >= 15 is 0 Å². The van der Waals surface area contributed by atoms with Crippen molar-refractivity contribution in [1.82, 2.24) is 0 Å². The predicted molar refractivity (Wildman–Crippen MR) is 73.9 cm³/mol. The first-order chi connectivity index (χ1) is 7.06. The van der Waals surface area contributed by atoms with E-state index in [0.717, 1.165) is 17.7 Å². The highest BCUT2D eigenvalue weighted by atomic mass is 32.1. The zero-order valence-electron chi connectivity index (χ0n) is 10.1. The second kappa shape index (κ2) is 8.54. The second-order valence-electron chi connectivity index (χ2n) is 3.65. The van der Waals surface area contributed by atoms with Crippen molar-refractivity contribution in [3.63, 3.8) is 0 Å². The average Bonchev–Trinajstić information content (AvgIpc) is 2.12. The Morgan fingerprint density at radius 3 is 2.07 bits per heavy atom. The molecule has 0 unspecified atom stereocenters. The van der Waals surface area contributed by atoms with Gasteiger partial charge in [0.2, 0.25) is 0 Å². The van der Waals surface area contributed by atoms with Gasteiger partial charge in [0, 0.05) is 13.3 Å². The van der Waals surface area contributed by atoms with Gasteiger partial charge in [0.1, 0.15) is 0 Å². The van der Waals surface area contributed by atoms with Gasteiger partial charge in [-0.05, 0) is 44.1 Å². The van der Waals surface area contributed by atoms with E-state index in [4.69, 9.17) is 0 Å². The summed E-state index contributed by atoms with van der Waals surface area (Å²) in [6.45, 7) is 6.16. The van der Waals surface area contributed by atoms with E-state index in [2.05, 4.69) is 49.7 Å². The van der Waals surface area contributed by atoms with Crippen molar-refractivity contribution in [2.45, 2.75) is 33.6 Å². The third-order valence-corrected chi connectivity index (χ3v) is 2.00. The van der Waals surface area contributed by atoms with Gasteiger partial charge in [-0.3, -0.25) is 4.99 Å². The lowest BCUT2D eigenvalue weighted by Gasteiger charge is -1.94. The summed E-state index contributed by atoms with van der Waals surface area (Å²) in [6, 6.07) is 0. The van der Waals surface area contributed by atoms with E-state index in [-0.39, 0.29) is 0 Å². The third-order valence-electron chi connectivity index (χ3n) is 1.87. The molecule has 0 aromatic carbocycles. The SMILES string of the molecule is CN=C/C(C)=C/CC/C=C(C)/C=C(\C)S. The molecule has 0 aliphatic carbocycles. The molecule has 0 saturated carbocycles. The second-order valence-corrected chi connectivity index (χ2v) is 4.35. The molecule has 0 aromatic heterocycles. The molecule has 0 rings (SSSR count). The average molecular weight is 223 g/mol. The van der Waals surface area contributed by atoms with Crippen LogP contribution < -0.4 is 0 Å². The maximum atomic E-state index is 4.23. The molecule has 1 nitrogen and oxygen atoms in total. The van der Waals surface area contributed by atoms with Gasteiger partial charge in [-0.25, -0.2) is 0 Å². The van der Waals surface area contributed by atoms with Crippen LogP contribution in [0.5, 0.6) is 0 Å². The van der Waals surface area contributed by atoms with Gasteiger partial charge >= 0.3 is 0 Å². The highest BCUT2D eigenvalue weighted by Gasteiger charge is 1.86. The largest absolute Gasteiger partial charge is 0.296 e. The molecule has 0 aliphatic rings. The van der Waals surface area contributed by atoms with Crippen LogP contribution in [0.15, 0.2) is 39.3 Å². The normalized spacial score (nSPS) is 15.1. The van der Waals surface area contributed by atoms with Gasteiger partial charge in [-0.1, -0.05) is 23.8 Å².